The summed E-state index contributed by atoms with van der Waals surface area (Å²) in [7, 11) is 0. The summed E-state index contributed by atoms with van der Waals surface area (Å²) >= 11 is 0. The van der Waals surface area contributed by atoms with Gasteiger partial charge in [0.05, 0.1) is 0 Å². The van der Waals surface area contributed by atoms with Crippen molar-refractivity contribution in [1.82, 2.24) is 14.4 Å². The lowest BCUT2D eigenvalue weighted by molar-refractivity contribution is -0.127. The molecule has 1 saturated carbocycles. The lowest BCUT2D eigenvalue weighted by Crippen LogP contribution is -2.47. The standard InChI is InChI=1S/C23H28FN3O/c1-17-15-19(18(2)27(17)21-8-9-21)7-10-23(28)26-13-11-25(12-14-26)16-20-5-3-4-6-22(20)24/h3-7,10,15,21H,8-9,11-14,16H2,1-2H3/b10-7+. The van der Waals surface area contributed by atoms with E-state index in [1.54, 1.807) is 12.1 Å². The number of benzene rings is 1. The van der Waals surface area contributed by atoms with Gasteiger partial charge in [-0.1, -0.05) is 18.2 Å². The summed E-state index contributed by atoms with van der Waals surface area (Å²) in [5, 5.41) is 0. The van der Waals surface area contributed by atoms with Crippen molar-refractivity contribution in [3.05, 3.63) is 64.7 Å². The summed E-state index contributed by atoms with van der Waals surface area (Å²) in [6.45, 7) is 7.76. The molecule has 1 aromatic carbocycles. The maximum atomic E-state index is 13.8. The van der Waals surface area contributed by atoms with Gasteiger partial charge in [0, 0.05) is 61.8 Å². The molecule has 0 N–H and O–H groups in total. The number of carbonyl (C=O) groups excluding carboxylic acids is 1. The fourth-order valence-corrected chi connectivity index (χ4v) is 4.13. The molecule has 0 radical (unpaired) electrons. The van der Waals surface area contributed by atoms with E-state index in [2.05, 4.69) is 29.4 Å². The number of piperazine rings is 1. The van der Waals surface area contributed by atoms with Crippen molar-refractivity contribution < 1.29 is 9.18 Å². The Bertz CT molecular complexity index is 889. The maximum Gasteiger partial charge on any atom is 0.246 e. The van der Waals surface area contributed by atoms with Gasteiger partial charge in [-0.05, 0) is 50.5 Å². The van der Waals surface area contributed by atoms with Crippen LogP contribution in [0.25, 0.3) is 6.08 Å². The first-order valence-electron chi connectivity index (χ1n) is 10.1. The summed E-state index contributed by atoms with van der Waals surface area (Å²) in [5.74, 6) is -0.102. The highest BCUT2D eigenvalue weighted by Crippen LogP contribution is 2.38. The number of halogens is 1. The third-order valence-electron chi connectivity index (χ3n) is 5.88. The minimum atomic E-state index is -0.160. The number of hydrogen-bond donors (Lipinski definition) is 0. The molecule has 1 aliphatic heterocycles. The Morgan fingerprint density at radius 1 is 1.14 bits per heavy atom. The highest BCUT2D eigenvalue weighted by Gasteiger charge is 2.26. The van der Waals surface area contributed by atoms with Crippen molar-refractivity contribution >= 4 is 12.0 Å². The Kier molecular flexibility index (Phi) is 5.36. The molecule has 5 heteroatoms. The number of amides is 1. The number of aryl methyl sites for hydroxylation is 1. The van der Waals surface area contributed by atoms with Crippen molar-refractivity contribution in [3.63, 3.8) is 0 Å². The summed E-state index contributed by atoms with van der Waals surface area (Å²) < 4.78 is 16.2. The van der Waals surface area contributed by atoms with Crippen molar-refractivity contribution in [3.8, 4) is 0 Å². The van der Waals surface area contributed by atoms with Crippen LogP contribution in [-0.4, -0.2) is 46.5 Å². The number of aromatic nitrogens is 1. The van der Waals surface area contributed by atoms with E-state index < -0.39 is 0 Å². The van der Waals surface area contributed by atoms with Crippen LogP contribution in [-0.2, 0) is 11.3 Å². The number of rotatable bonds is 5. The van der Waals surface area contributed by atoms with Gasteiger partial charge in [0.15, 0.2) is 0 Å². The second-order valence-electron chi connectivity index (χ2n) is 7.95. The van der Waals surface area contributed by atoms with Crippen LogP contribution in [0.2, 0.25) is 0 Å². The molecule has 2 fully saturated rings. The zero-order chi connectivity index (χ0) is 19.7. The van der Waals surface area contributed by atoms with Gasteiger partial charge in [0.25, 0.3) is 0 Å². The lowest BCUT2D eigenvalue weighted by Gasteiger charge is -2.34. The normalized spacial score (nSPS) is 18.2. The van der Waals surface area contributed by atoms with Crippen LogP contribution in [0, 0.1) is 19.7 Å². The second kappa shape index (κ2) is 7.92. The fourth-order valence-electron chi connectivity index (χ4n) is 4.13. The molecule has 0 unspecified atom stereocenters. The van der Waals surface area contributed by atoms with Gasteiger partial charge in [0.1, 0.15) is 5.82 Å². The van der Waals surface area contributed by atoms with Crippen LogP contribution in [0.5, 0.6) is 0 Å². The first-order chi connectivity index (χ1) is 13.5. The second-order valence-corrected chi connectivity index (χ2v) is 7.95. The lowest BCUT2D eigenvalue weighted by atomic mass is 10.2. The Morgan fingerprint density at radius 3 is 2.54 bits per heavy atom. The Labute approximate surface area is 166 Å². The minimum absolute atomic E-state index is 0.0572. The Hall–Kier alpha value is -2.40. The molecule has 2 aliphatic rings. The molecule has 1 saturated heterocycles. The summed E-state index contributed by atoms with van der Waals surface area (Å²) in [6, 6.07) is 9.73. The highest BCUT2D eigenvalue weighted by atomic mass is 19.1. The quantitative estimate of drug-likeness (QED) is 0.734. The molecule has 2 aromatic rings. The predicted molar refractivity (Wildman–Crippen MR) is 109 cm³/mol. The summed E-state index contributed by atoms with van der Waals surface area (Å²) in [6.07, 6.45) is 6.17. The maximum absolute atomic E-state index is 13.8. The summed E-state index contributed by atoms with van der Waals surface area (Å²) in [5.41, 5.74) is 4.37. The first-order valence-corrected chi connectivity index (χ1v) is 10.1. The van der Waals surface area contributed by atoms with Gasteiger partial charge >= 0.3 is 0 Å². The van der Waals surface area contributed by atoms with Gasteiger partial charge < -0.3 is 9.47 Å². The molecule has 148 valence electrons. The highest BCUT2D eigenvalue weighted by molar-refractivity contribution is 5.92. The van der Waals surface area contributed by atoms with Gasteiger partial charge in [-0.25, -0.2) is 4.39 Å². The molecule has 1 aromatic heterocycles. The third-order valence-corrected chi connectivity index (χ3v) is 5.88. The number of hydrogen-bond acceptors (Lipinski definition) is 2. The Balaban J connectivity index is 1.32. The molecule has 0 atom stereocenters. The molecule has 4 nitrogen and oxygen atoms in total. The van der Waals surface area contributed by atoms with Gasteiger partial charge in [0.2, 0.25) is 5.91 Å². The number of carbonyl (C=O) groups is 1. The molecular weight excluding hydrogens is 353 g/mol. The van der Waals surface area contributed by atoms with Crippen LogP contribution in [0.4, 0.5) is 4.39 Å². The zero-order valence-electron chi connectivity index (χ0n) is 16.7. The third kappa shape index (κ3) is 4.04. The van der Waals surface area contributed by atoms with E-state index in [1.807, 2.05) is 23.1 Å². The summed E-state index contributed by atoms with van der Waals surface area (Å²) in [4.78, 5) is 16.7. The molecule has 4 rings (SSSR count). The molecule has 0 spiro atoms. The molecule has 2 heterocycles. The SMILES string of the molecule is Cc1cc(/C=C/C(=O)N2CCN(Cc3ccccc3F)CC2)c(C)n1C1CC1. The van der Waals surface area contributed by atoms with Crippen molar-refractivity contribution in [1.29, 1.82) is 0 Å². The van der Waals surface area contributed by atoms with Gasteiger partial charge in [-0.15, -0.1) is 0 Å². The van der Waals surface area contributed by atoms with E-state index in [1.165, 1.54) is 30.3 Å². The van der Waals surface area contributed by atoms with Crippen molar-refractivity contribution in [2.75, 3.05) is 26.2 Å². The van der Waals surface area contributed by atoms with Crippen LogP contribution in [0.15, 0.2) is 36.4 Å². The Morgan fingerprint density at radius 2 is 1.86 bits per heavy atom. The fraction of sp³-hybridized carbons (Fsp3) is 0.435. The molecule has 0 bridgehead atoms. The van der Waals surface area contributed by atoms with Crippen molar-refractivity contribution in [2.45, 2.75) is 39.3 Å². The monoisotopic (exact) mass is 381 g/mol. The van der Waals surface area contributed by atoms with E-state index >= 15 is 0 Å². The molecule has 1 amide bonds. The zero-order valence-corrected chi connectivity index (χ0v) is 16.7. The van der Waals surface area contributed by atoms with Gasteiger partial charge in [-0.3, -0.25) is 9.69 Å². The van der Waals surface area contributed by atoms with E-state index in [4.69, 9.17) is 0 Å². The van der Waals surface area contributed by atoms with E-state index in [9.17, 15) is 9.18 Å². The van der Waals surface area contributed by atoms with Crippen LogP contribution in [0.1, 0.15) is 41.4 Å². The van der Waals surface area contributed by atoms with E-state index in [0.29, 0.717) is 31.2 Å². The van der Waals surface area contributed by atoms with Crippen LogP contribution in [0.3, 0.4) is 0 Å². The average Bonchev–Trinajstić information content (AvgIpc) is 3.48. The van der Waals surface area contributed by atoms with E-state index in [0.717, 1.165) is 18.7 Å². The van der Waals surface area contributed by atoms with Gasteiger partial charge in [-0.2, -0.15) is 0 Å². The largest absolute Gasteiger partial charge is 0.346 e. The van der Waals surface area contributed by atoms with Crippen molar-refractivity contribution in [2.24, 2.45) is 0 Å². The predicted octanol–water partition coefficient (Wildman–Crippen LogP) is 3.94. The smallest absolute Gasteiger partial charge is 0.246 e. The van der Waals surface area contributed by atoms with E-state index in [-0.39, 0.29) is 11.7 Å². The van der Waals surface area contributed by atoms with Crippen LogP contribution < -0.4 is 0 Å². The first kappa shape index (κ1) is 18.9. The molecule has 1 aliphatic carbocycles. The van der Waals surface area contributed by atoms with Crippen LogP contribution >= 0.6 is 0 Å². The average molecular weight is 381 g/mol. The number of nitrogens with zero attached hydrogens (tertiary/aromatic N) is 3. The topological polar surface area (TPSA) is 28.5 Å². The minimum Gasteiger partial charge on any atom is -0.346 e. The molecule has 28 heavy (non-hydrogen) atoms. The molecular formula is C23H28FN3O.